The number of nitro groups is 1. The molecular formula is C13H10N2O4S. The van der Waals surface area contributed by atoms with Crippen molar-refractivity contribution in [2.45, 2.75) is 16.8 Å². The summed E-state index contributed by atoms with van der Waals surface area (Å²) >= 11 is 1.07. The number of carbonyl (C=O) groups is 1. The molecule has 0 atom stereocenters. The Bertz CT molecular complexity index is 671. The van der Waals surface area contributed by atoms with Crippen LogP contribution in [0.4, 0.5) is 5.69 Å². The minimum atomic E-state index is -1.22. The summed E-state index contributed by atoms with van der Waals surface area (Å²) in [7, 11) is 0. The Kier molecular flexibility index (Phi) is 3.99. The van der Waals surface area contributed by atoms with Crippen LogP contribution in [-0.2, 0) is 0 Å². The van der Waals surface area contributed by atoms with Crippen LogP contribution < -0.4 is 0 Å². The van der Waals surface area contributed by atoms with Crippen LogP contribution in [0.25, 0.3) is 0 Å². The van der Waals surface area contributed by atoms with Gasteiger partial charge in [0.25, 0.3) is 0 Å². The van der Waals surface area contributed by atoms with Crippen molar-refractivity contribution in [1.82, 2.24) is 4.98 Å². The van der Waals surface area contributed by atoms with E-state index in [4.69, 9.17) is 5.11 Å². The van der Waals surface area contributed by atoms with Crippen molar-refractivity contribution >= 4 is 23.4 Å². The summed E-state index contributed by atoms with van der Waals surface area (Å²) in [5.41, 5.74) is 0.641. The van der Waals surface area contributed by atoms with Gasteiger partial charge in [-0.05, 0) is 25.1 Å². The van der Waals surface area contributed by atoms with E-state index in [1.54, 1.807) is 12.1 Å². The van der Waals surface area contributed by atoms with E-state index in [0.29, 0.717) is 0 Å². The number of hydrogen-bond donors (Lipinski definition) is 1. The zero-order valence-electron chi connectivity index (χ0n) is 10.4. The fourth-order valence-corrected chi connectivity index (χ4v) is 2.37. The van der Waals surface area contributed by atoms with E-state index in [0.717, 1.165) is 34.4 Å². The number of aromatic carboxylic acids is 1. The fourth-order valence-electron chi connectivity index (χ4n) is 1.48. The third-order valence-electron chi connectivity index (χ3n) is 2.49. The van der Waals surface area contributed by atoms with Crippen molar-refractivity contribution in [3.05, 3.63) is 57.8 Å². The van der Waals surface area contributed by atoms with Gasteiger partial charge in [0.1, 0.15) is 5.69 Å². The van der Waals surface area contributed by atoms with E-state index in [1.807, 2.05) is 19.1 Å². The standard InChI is InChI=1S/C13H10N2O4S/c1-8-2-4-9(5-3-8)20-12-11(15(18)19)7-6-10(14-12)13(16)17/h2-7H,1H3,(H,16,17). The molecule has 0 radical (unpaired) electrons. The summed E-state index contributed by atoms with van der Waals surface area (Å²) < 4.78 is 0. The van der Waals surface area contributed by atoms with Crippen LogP contribution in [-0.4, -0.2) is 21.0 Å². The molecule has 0 aliphatic heterocycles. The SMILES string of the molecule is Cc1ccc(Sc2nc(C(=O)O)ccc2[N+](=O)[O-])cc1. The van der Waals surface area contributed by atoms with Gasteiger partial charge in [-0.2, -0.15) is 0 Å². The summed E-state index contributed by atoms with van der Waals surface area (Å²) in [6.07, 6.45) is 0. The Morgan fingerprint density at radius 1 is 1.25 bits per heavy atom. The third-order valence-corrected chi connectivity index (χ3v) is 3.49. The molecule has 20 heavy (non-hydrogen) atoms. The van der Waals surface area contributed by atoms with Crippen molar-refractivity contribution in [2.75, 3.05) is 0 Å². The second-order valence-corrected chi connectivity index (χ2v) is 5.06. The van der Waals surface area contributed by atoms with Gasteiger partial charge in [0, 0.05) is 11.0 Å². The molecule has 0 bridgehead atoms. The van der Waals surface area contributed by atoms with E-state index in [1.165, 1.54) is 0 Å². The number of hydrogen-bond acceptors (Lipinski definition) is 5. The molecule has 0 aliphatic rings. The van der Waals surface area contributed by atoms with Gasteiger partial charge in [-0.15, -0.1) is 0 Å². The lowest BCUT2D eigenvalue weighted by atomic mass is 10.2. The molecule has 1 aromatic heterocycles. The minimum Gasteiger partial charge on any atom is -0.477 e. The highest BCUT2D eigenvalue weighted by atomic mass is 32.2. The first-order valence-electron chi connectivity index (χ1n) is 5.60. The number of carboxylic acids is 1. The fraction of sp³-hybridized carbons (Fsp3) is 0.0769. The monoisotopic (exact) mass is 290 g/mol. The number of carboxylic acid groups (broad SMARTS) is 1. The van der Waals surface area contributed by atoms with Gasteiger partial charge in [0.2, 0.25) is 0 Å². The maximum absolute atomic E-state index is 11.0. The number of benzene rings is 1. The first-order valence-corrected chi connectivity index (χ1v) is 6.42. The van der Waals surface area contributed by atoms with Crippen LogP contribution in [0.1, 0.15) is 16.1 Å². The largest absolute Gasteiger partial charge is 0.477 e. The third kappa shape index (κ3) is 3.12. The predicted molar refractivity (Wildman–Crippen MR) is 73.2 cm³/mol. The molecule has 102 valence electrons. The zero-order chi connectivity index (χ0) is 14.7. The molecule has 1 heterocycles. The van der Waals surface area contributed by atoms with Gasteiger partial charge in [-0.3, -0.25) is 10.1 Å². The first-order chi connectivity index (χ1) is 9.47. The Balaban J connectivity index is 2.41. The van der Waals surface area contributed by atoms with Crippen molar-refractivity contribution in [3.63, 3.8) is 0 Å². The minimum absolute atomic E-state index is 0.0683. The van der Waals surface area contributed by atoms with E-state index in [9.17, 15) is 14.9 Å². The van der Waals surface area contributed by atoms with Gasteiger partial charge >= 0.3 is 11.7 Å². The molecule has 7 heteroatoms. The Morgan fingerprint density at radius 2 is 1.90 bits per heavy atom. The first kappa shape index (κ1) is 14.0. The lowest BCUT2D eigenvalue weighted by Crippen LogP contribution is -2.03. The number of rotatable bonds is 4. The quantitative estimate of drug-likeness (QED) is 0.686. The number of aryl methyl sites for hydroxylation is 1. The van der Waals surface area contributed by atoms with Crippen LogP contribution in [0.3, 0.4) is 0 Å². The highest BCUT2D eigenvalue weighted by Crippen LogP contribution is 2.33. The lowest BCUT2D eigenvalue weighted by molar-refractivity contribution is -0.388. The van der Waals surface area contributed by atoms with Gasteiger partial charge in [-0.25, -0.2) is 9.78 Å². The molecule has 0 unspecified atom stereocenters. The van der Waals surface area contributed by atoms with Crippen LogP contribution in [0.15, 0.2) is 46.3 Å². The molecule has 2 rings (SSSR count). The van der Waals surface area contributed by atoms with Crippen LogP contribution in [0.2, 0.25) is 0 Å². The van der Waals surface area contributed by atoms with Gasteiger partial charge in [-0.1, -0.05) is 29.5 Å². The molecule has 0 saturated heterocycles. The molecule has 1 N–H and O–H groups in total. The normalized spacial score (nSPS) is 10.2. The highest BCUT2D eigenvalue weighted by molar-refractivity contribution is 7.99. The zero-order valence-corrected chi connectivity index (χ0v) is 11.3. The maximum atomic E-state index is 11.0. The Hall–Kier alpha value is -2.41. The molecule has 0 aliphatic carbocycles. The highest BCUT2D eigenvalue weighted by Gasteiger charge is 2.19. The van der Waals surface area contributed by atoms with E-state index in [-0.39, 0.29) is 16.4 Å². The number of nitrogens with zero attached hydrogens (tertiary/aromatic N) is 2. The molecule has 0 fully saturated rings. The molecule has 0 amide bonds. The molecule has 0 saturated carbocycles. The van der Waals surface area contributed by atoms with Gasteiger partial charge < -0.3 is 5.11 Å². The van der Waals surface area contributed by atoms with Crippen molar-refractivity contribution < 1.29 is 14.8 Å². The Morgan fingerprint density at radius 3 is 2.45 bits per heavy atom. The van der Waals surface area contributed by atoms with Crippen LogP contribution >= 0.6 is 11.8 Å². The molecule has 1 aromatic carbocycles. The summed E-state index contributed by atoms with van der Waals surface area (Å²) in [6.45, 7) is 1.93. The van der Waals surface area contributed by atoms with Crippen molar-refractivity contribution in [2.24, 2.45) is 0 Å². The predicted octanol–water partition coefficient (Wildman–Crippen LogP) is 3.15. The van der Waals surface area contributed by atoms with E-state index >= 15 is 0 Å². The second-order valence-electron chi connectivity index (χ2n) is 4.00. The van der Waals surface area contributed by atoms with Crippen molar-refractivity contribution in [1.29, 1.82) is 0 Å². The number of pyridine rings is 1. The molecular weight excluding hydrogens is 280 g/mol. The maximum Gasteiger partial charge on any atom is 0.354 e. The second kappa shape index (κ2) is 5.70. The average Bonchev–Trinajstić information content (AvgIpc) is 2.41. The van der Waals surface area contributed by atoms with Gasteiger partial charge in [0.15, 0.2) is 5.03 Å². The van der Waals surface area contributed by atoms with E-state index < -0.39 is 10.9 Å². The summed E-state index contributed by atoms with van der Waals surface area (Å²) in [5, 5.41) is 19.9. The average molecular weight is 290 g/mol. The molecule has 6 nitrogen and oxygen atoms in total. The molecule has 0 spiro atoms. The van der Waals surface area contributed by atoms with Crippen molar-refractivity contribution in [3.8, 4) is 0 Å². The van der Waals surface area contributed by atoms with Gasteiger partial charge in [0.05, 0.1) is 4.92 Å². The van der Waals surface area contributed by atoms with E-state index in [2.05, 4.69) is 4.98 Å². The number of aromatic nitrogens is 1. The molecule has 2 aromatic rings. The summed E-state index contributed by atoms with van der Waals surface area (Å²) in [4.78, 5) is 25.9. The summed E-state index contributed by atoms with van der Waals surface area (Å²) in [6, 6.07) is 9.63. The topological polar surface area (TPSA) is 93.3 Å². The smallest absolute Gasteiger partial charge is 0.354 e. The van der Waals surface area contributed by atoms with Crippen LogP contribution in [0, 0.1) is 17.0 Å². The Labute approximate surface area is 118 Å². The lowest BCUT2D eigenvalue weighted by Gasteiger charge is -2.04. The summed E-state index contributed by atoms with van der Waals surface area (Å²) in [5.74, 6) is -1.22. The van der Waals surface area contributed by atoms with Crippen LogP contribution in [0.5, 0.6) is 0 Å².